The van der Waals surface area contributed by atoms with Crippen molar-refractivity contribution in [1.82, 2.24) is 15.1 Å². The number of likely N-dealkylation sites (N-methyl/N-ethyl adjacent to an activating group) is 1. The highest BCUT2D eigenvalue weighted by atomic mass is 16.2. The van der Waals surface area contributed by atoms with Gasteiger partial charge in [-0.15, -0.1) is 0 Å². The van der Waals surface area contributed by atoms with Crippen LogP contribution in [-0.2, 0) is 4.79 Å². The van der Waals surface area contributed by atoms with Gasteiger partial charge in [0.2, 0.25) is 5.91 Å². The van der Waals surface area contributed by atoms with Crippen molar-refractivity contribution in [1.29, 1.82) is 0 Å². The zero-order valence-corrected chi connectivity index (χ0v) is 11.9. The van der Waals surface area contributed by atoms with E-state index >= 15 is 0 Å². The molecule has 1 N–H and O–H groups in total. The van der Waals surface area contributed by atoms with E-state index in [0.29, 0.717) is 12.1 Å². The predicted molar refractivity (Wildman–Crippen MR) is 71.0 cm³/mol. The largest absolute Gasteiger partial charge is 0.344 e. The van der Waals surface area contributed by atoms with Gasteiger partial charge in [-0.2, -0.15) is 0 Å². The van der Waals surface area contributed by atoms with E-state index in [-0.39, 0.29) is 11.9 Å². The van der Waals surface area contributed by atoms with Gasteiger partial charge in [0.25, 0.3) is 0 Å². The number of nitrogens with one attached hydrogen (secondary N) is 1. The van der Waals surface area contributed by atoms with Gasteiger partial charge in [0, 0.05) is 38.8 Å². The van der Waals surface area contributed by atoms with E-state index in [9.17, 15) is 4.79 Å². The normalized spacial score (nSPS) is 21.3. The minimum absolute atomic E-state index is 0.0428. The maximum Gasteiger partial charge on any atom is 0.239 e. The van der Waals surface area contributed by atoms with Crippen LogP contribution in [0.2, 0.25) is 0 Å². The second kappa shape index (κ2) is 6.36. The third-order valence-electron chi connectivity index (χ3n) is 3.51. The highest BCUT2D eigenvalue weighted by Crippen LogP contribution is 2.08. The molecule has 1 saturated heterocycles. The number of nitrogens with zero attached hydrogens (tertiary/aromatic N) is 2. The first-order chi connectivity index (χ1) is 7.93. The van der Waals surface area contributed by atoms with Crippen LogP contribution < -0.4 is 5.32 Å². The molecule has 0 aromatic rings. The van der Waals surface area contributed by atoms with Gasteiger partial charge in [0.15, 0.2) is 0 Å². The summed E-state index contributed by atoms with van der Waals surface area (Å²) >= 11 is 0. The Kier molecular flexibility index (Phi) is 5.40. The Morgan fingerprint density at radius 3 is 2.35 bits per heavy atom. The predicted octanol–water partition coefficient (Wildman–Crippen LogP) is 0.926. The average molecular weight is 241 g/mol. The van der Waals surface area contributed by atoms with Crippen LogP contribution >= 0.6 is 0 Å². The molecule has 0 aromatic heterocycles. The van der Waals surface area contributed by atoms with Crippen LogP contribution in [0.3, 0.4) is 0 Å². The maximum atomic E-state index is 11.7. The highest BCUT2D eigenvalue weighted by molar-refractivity contribution is 5.83. The van der Waals surface area contributed by atoms with E-state index in [1.165, 1.54) is 0 Å². The molecule has 1 aliphatic rings. The second-order valence-corrected chi connectivity index (χ2v) is 5.48. The molecule has 1 atom stereocenters. The van der Waals surface area contributed by atoms with Crippen molar-refractivity contribution in [3.05, 3.63) is 0 Å². The Morgan fingerprint density at radius 1 is 1.35 bits per heavy atom. The van der Waals surface area contributed by atoms with Crippen LogP contribution in [0.15, 0.2) is 0 Å². The quantitative estimate of drug-likeness (QED) is 0.751. The Morgan fingerprint density at radius 2 is 1.94 bits per heavy atom. The molecule has 17 heavy (non-hydrogen) atoms. The van der Waals surface area contributed by atoms with Crippen LogP contribution in [0.4, 0.5) is 0 Å². The van der Waals surface area contributed by atoms with Gasteiger partial charge in [-0.3, -0.25) is 9.69 Å². The van der Waals surface area contributed by atoms with Gasteiger partial charge in [-0.25, -0.2) is 0 Å². The molecule has 1 heterocycles. The van der Waals surface area contributed by atoms with Crippen LogP contribution in [0.5, 0.6) is 0 Å². The molecule has 4 heteroatoms. The number of carbonyl (C=O) groups is 1. The lowest BCUT2D eigenvalue weighted by Crippen LogP contribution is -2.45. The van der Waals surface area contributed by atoms with E-state index in [2.05, 4.69) is 37.9 Å². The first kappa shape index (κ1) is 14.5. The molecule has 4 nitrogen and oxygen atoms in total. The van der Waals surface area contributed by atoms with Crippen LogP contribution in [-0.4, -0.2) is 60.5 Å². The third-order valence-corrected chi connectivity index (χ3v) is 3.51. The smallest absolute Gasteiger partial charge is 0.239 e. The Bertz CT molecular complexity index is 245. The van der Waals surface area contributed by atoms with E-state index < -0.39 is 0 Å². The summed E-state index contributed by atoms with van der Waals surface area (Å²) in [6, 6.07) is 1.15. The SMILES string of the molecule is CC(C)N(CCNC1CCN(C)C1=O)C(C)C. The number of amides is 1. The van der Waals surface area contributed by atoms with Gasteiger partial charge < -0.3 is 10.2 Å². The fraction of sp³-hybridized carbons (Fsp3) is 0.923. The summed E-state index contributed by atoms with van der Waals surface area (Å²) in [6.45, 7) is 11.6. The number of hydrogen-bond acceptors (Lipinski definition) is 3. The lowest BCUT2D eigenvalue weighted by molar-refractivity contribution is -0.128. The van der Waals surface area contributed by atoms with Gasteiger partial charge in [0.05, 0.1) is 6.04 Å². The van der Waals surface area contributed by atoms with E-state index in [1.54, 1.807) is 4.90 Å². The number of rotatable bonds is 6. The summed E-state index contributed by atoms with van der Waals surface area (Å²) in [5.74, 6) is 0.241. The molecular formula is C13H27N3O. The maximum absolute atomic E-state index is 11.7. The van der Waals surface area contributed by atoms with Crippen molar-refractivity contribution in [3.63, 3.8) is 0 Å². The molecule has 0 aliphatic carbocycles. The Hall–Kier alpha value is -0.610. The molecule has 100 valence electrons. The number of carbonyl (C=O) groups excluding carboxylic acids is 1. The van der Waals surface area contributed by atoms with Crippen molar-refractivity contribution in [2.24, 2.45) is 0 Å². The monoisotopic (exact) mass is 241 g/mol. The van der Waals surface area contributed by atoms with Crippen LogP contribution in [0, 0.1) is 0 Å². The van der Waals surface area contributed by atoms with E-state index in [1.807, 2.05) is 7.05 Å². The first-order valence-corrected chi connectivity index (χ1v) is 6.67. The van der Waals surface area contributed by atoms with Gasteiger partial charge in [-0.05, 0) is 34.1 Å². The highest BCUT2D eigenvalue weighted by Gasteiger charge is 2.28. The Labute approximate surface area is 105 Å². The topological polar surface area (TPSA) is 35.6 Å². The first-order valence-electron chi connectivity index (χ1n) is 6.67. The zero-order chi connectivity index (χ0) is 13.0. The van der Waals surface area contributed by atoms with Crippen molar-refractivity contribution in [2.75, 3.05) is 26.7 Å². The molecular weight excluding hydrogens is 214 g/mol. The van der Waals surface area contributed by atoms with Crippen molar-refractivity contribution in [2.45, 2.75) is 52.2 Å². The average Bonchev–Trinajstić information content (AvgIpc) is 2.54. The molecule has 1 rings (SSSR count). The molecule has 0 spiro atoms. The molecule has 1 unspecified atom stereocenters. The summed E-state index contributed by atoms with van der Waals surface area (Å²) in [4.78, 5) is 15.9. The molecule has 1 fully saturated rings. The summed E-state index contributed by atoms with van der Waals surface area (Å²) in [7, 11) is 1.87. The minimum Gasteiger partial charge on any atom is -0.344 e. The molecule has 0 aromatic carbocycles. The molecule has 0 bridgehead atoms. The summed E-state index contributed by atoms with van der Waals surface area (Å²) in [6.07, 6.45) is 0.943. The fourth-order valence-electron chi connectivity index (χ4n) is 2.49. The van der Waals surface area contributed by atoms with E-state index in [0.717, 1.165) is 26.1 Å². The lowest BCUT2D eigenvalue weighted by atomic mass is 10.2. The minimum atomic E-state index is 0.0428. The summed E-state index contributed by atoms with van der Waals surface area (Å²) in [5, 5.41) is 3.37. The Balaban J connectivity index is 2.29. The van der Waals surface area contributed by atoms with Crippen molar-refractivity contribution < 1.29 is 4.79 Å². The fourth-order valence-corrected chi connectivity index (χ4v) is 2.49. The third kappa shape index (κ3) is 3.96. The van der Waals surface area contributed by atoms with Crippen molar-refractivity contribution in [3.8, 4) is 0 Å². The van der Waals surface area contributed by atoms with E-state index in [4.69, 9.17) is 0 Å². The second-order valence-electron chi connectivity index (χ2n) is 5.48. The van der Waals surface area contributed by atoms with Gasteiger partial charge in [0.1, 0.15) is 0 Å². The summed E-state index contributed by atoms with van der Waals surface area (Å²) < 4.78 is 0. The molecule has 1 aliphatic heterocycles. The zero-order valence-electron chi connectivity index (χ0n) is 11.9. The van der Waals surface area contributed by atoms with Gasteiger partial charge in [-0.1, -0.05) is 0 Å². The van der Waals surface area contributed by atoms with Crippen LogP contribution in [0.25, 0.3) is 0 Å². The standard InChI is InChI=1S/C13H27N3O/c1-10(2)16(11(3)4)9-7-14-12-6-8-15(5)13(12)17/h10-12,14H,6-9H2,1-5H3. The lowest BCUT2D eigenvalue weighted by Gasteiger charge is -2.30. The number of hydrogen-bond donors (Lipinski definition) is 1. The number of likely N-dealkylation sites (tertiary alicyclic amines) is 1. The molecule has 0 saturated carbocycles. The molecule has 1 amide bonds. The van der Waals surface area contributed by atoms with Crippen LogP contribution in [0.1, 0.15) is 34.1 Å². The summed E-state index contributed by atoms with van der Waals surface area (Å²) in [5.41, 5.74) is 0. The molecule has 0 radical (unpaired) electrons. The van der Waals surface area contributed by atoms with Crippen molar-refractivity contribution >= 4 is 5.91 Å². The van der Waals surface area contributed by atoms with Gasteiger partial charge >= 0.3 is 0 Å².